The van der Waals surface area contributed by atoms with Crippen LogP contribution in [0.3, 0.4) is 0 Å². The zero-order chi connectivity index (χ0) is 22.5. The van der Waals surface area contributed by atoms with Crippen LogP contribution in [0.15, 0.2) is 51.5 Å². The molecule has 0 aliphatic carbocycles. The van der Waals surface area contributed by atoms with Gasteiger partial charge in [0.2, 0.25) is 17.6 Å². The van der Waals surface area contributed by atoms with Gasteiger partial charge in [0.05, 0.1) is 26.5 Å². The smallest absolute Gasteiger partial charge is 0.241 e. The number of anilines is 1. The Labute approximate surface area is 195 Å². The van der Waals surface area contributed by atoms with Crippen molar-refractivity contribution in [3.05, 3.63) is 52.8 Å². The summed E-state index contributed by atoms with van der Waals surface area (Å²) in [7, 11) is 3.18. The van der Waals surface area contributed by atoms with Crippen molar-refractivity contribution in [1.82, 2.24) is 15.0 Å². The number of hydrogen-bond acceptors (Lipinski definition) is 7. The van der Waals surface area contributed by atoms with Crippen molar-refractivity contribution < 1.29 is 18.8 Å². The highest BCUT2D eigenvalue weighted by Crippen LogP contribution is 2.31. The van der Waals surface area contributed by atoms with E-state index in [0.717, 1.165) is 41.7 Å². The molecule has 0 bridgehead atoms. The third kappa shape index (κ3) is 5.11. The average molecular weight is 501 g/mol. The molecule has 2 heterocycles. The monoisotopic (exact) mass is 500 g/mol. The fourth-order valence-corrected chi connectivity index (χ4v) is 4.14. The molecule has 1 aliphatic heterocycles. The van der Waals surface area contributed by atoms with Crippen molar-refractivity contribution in [3.63, 3.8) is 0 Å². The first-order valence-corrected chi connectivity index (χ1v) is 11.2. The van der Waals surface area contributed by atoms with Crippen LogP contribution in [-0.2, 0) is 11.3 Å². The Morgan fingerprint density at radius 2 is 1.91 bits per heavy atom. The van der Waals surface area contributed by atoms with Gasteiger partial charge in [-0.2, -0.15) is 4.98 Å². The van der Waals surface area contributed by atoms with Gasteiger partial charge >= 0.3 is 0 Å². The first-order chi connectivity index (χ1) is 15.6. The largest absolute Gasteiger partial charge is 0.493 e. The number of carbonyl (C=O) groups excluding carboxylic acids is 1. The Bertz CT molecular complexity index is 1080. The van der Waals surface area contributed by atoms with Crippen LogP contribution < -0.4 is 14.8 Å². The molecule has 1 fully saturated rings. The number of nitrogens with zero attached hydrogens (tertiary/aromatic N) is 3. The van der Waals surface area contributed by atoms with Gasteiger partial charge < -0.3 is 19.3 Å². The van der Waals surface area contributed by atoms with Crippen LogP contribution in [0.1, 0.15) is 18.7 Å². The molecule has 168 valence electrons. The topological polar surface area (TPSA) is 89.7 Å². The standard InChI is InChI=1S/C23H25BrN4O4/c1-30-19-8-7-16(13-20(19)31-2)22-26-21(32-27-22)14-28-11-9-15(10-12-28)23(29)25-18-6-4-3-5-17(18)24/h3-8,13,15H,9-12,14H2,1-2H3,(H,25,29). The molecule has 32 heavy (non-hydrogen) atoms. The van der Waals surface area contributed by atoms with Gasteiger partial charge in [-0.15, -0.1) is 0 Å². The van der Waals surface area contributed by atoms with Crippen LogP contribution >= 0.6 is 15.9 Å². The van der Waals surface area contributed by atoms with Crippen molar-refractivity contribution >= 4 is 27.5 Å². The van der Waals surface area contributed by atoms with E-state index < -0.39 is 0 Å². The van der Waals surface area contributed by atoms with E-state index in [-0.39, 0.29) is 11.8 Å². The van der Waals surface area contributed by atoms with Gasteiger partial charge in [-0.3, -0.25) is 9.69 Å². The van der Waals surface area contributed by atoms with Gasteiger partial charge in [0.25, 0.3) is 0 Å². The van der Waals surface area contributed by atoms with Crippen molar-refractivity contribution in [2.75, 3.05) is 32.6 Å². The summed E-state index contributed by atoms with van der Waals surface area (Å²) in [6.45, 7) is 2.14. The summed E-state index contributed by atoms with van der Waals surface area (Å²) in [6.07, 6.45) is 1.57. The second-order valence-electron chi connectivity index (χ2n) is 7.60. The second kappa shape index (κ2) is 10.1. The predicted octanol–water partition coefficient (Wildman–Crippen LogP) is 4.37. The number of likely N-dealkylation sites (tertiary alicyclic amines) is 1. The van der Waals surface area contributed by atoms with E-state index in [1.54, 1.807) is 14.2 Å². The van der Waals surface area contributed by atoms with Gasteiger partial charge in [-0.05, 0) is 72.2 Å². The molecule has 0 unspecified atom stereocenters. The molecule has 0 spiro atoms. The van der Waals surface area contributed by atoms with Gasteiger partial charge in [-0.1, -0.05) is 17.3 Å². The maximum atomic E-state index is 12.6. The van der Waals surface area contributed by atoms with Crippen LogP contribution in [0.4, 0.5) is 5.69 Å². The summed E-state index contributed by atoms with van der Waals surface area (Å²) < 4.78 is 17.0. The Hall–Kier alpha value is -2.91. The van der Waals surface area contributed by atoms with Crippen LogP contribution in [0.25, 0.3) is 11.4 Å². The number of benzene rings is 2. The summed E-state index contributed by atoms with van der Waals surface area (Å²) in [5.74, 6) is 2.36. The molecular formula is C23H25BrN4O4. The molecule has 1 N–H and O–H groups in total. The van der Waals surface area contributed by atoms with Crippen molar-refractivity contribution in [2.24, 2.45) is 5.92 Å². The molecule has 0 radical (unpaired) electrons. The summed E-state index contributed by atoms with van der Waals surface area (Å²) >= 11 is 3.47. The number of nitrogens with one attached hydrogen (secondary N) is 1. The van der Waals surface area contributed by atoms with Gasteiger partial charge in [0, 0.05) is 16.0 Å². The Kier molecular flexibility index (Phi) is 7.06. The fraction of sp³-hybridized carbons (Fsp3) is 0.348. The molecule has 9 heteroatoms. The number of rotatable bonds is 7. The summed E-state index contributed by atoms with van der Waals surface area (Å²) in [5.41, 5.74) is 1.59. The average Bonchev–Trinajstić information content (AvgIpc) is 3.29. The first kappa shape index (κ1) is 22.3. The Morgan fingerprint density at radius 3 is 2.62 bits per heavy atom. The lowest BCUT2D eigenvalue weighted by Gasteiger charge is -2.30. The van der Waals surface area contributed by atoms with E-state index in [1.165, 1.54) is 0 Å². The van der Waals surface area contributed by atoms with Crippen LogP contribution in [0.2, 0.25) is 0 Å². The number of methoxy groups -OCH3 is 2. The Balaban J connectivity index is 1.32. The van der Waals surface area contributed by atoms with E-state index in [4.69, 9.17) is 14.0 Å². The molecular weight excluding hydrogens is 476 g/mol. The number of piperidine rings is 1. The minimum absolute atomic E-state index is 0.0108. The van der Waals surface area contributed by atoms with Gasteiger partial charge in [0.15, 0.2) is 11.5 Å². The van der Waals surface area contributed by atoms with Crippen molar-refractivity contribution in [3.8, 4) is 22.9 Å². The summed E-state index contributed by atoms with van der Waals surface area (Å²) in [6, 6.07) is 13.1. The molecule has 1 amide bonds. The number of halogens is 1. The molecule has 1 saturated heterocycles. The third-order valence-corrected chi connectivity index (χ3v) is 6.25. The molecule has 1 aromatic heterocycles. The number of aromatic nitrogens is 2. The van der Waals surface area contributed by atoms with E-state index >= 15 is 0 Å². The zero-order valence-electron chi connectivity index (χ0n) is 18.0. The SMILES string of the molecule is COc1ccc(-c2noc(CN3CCC(C(=O)Nc4ccccc4Br)CC3)n2)cc1OC. The highest BCUT2D eigenvalue weighted by molar-refractivity contribution is 9.10. The van der Waals surface area contributed by atoms with E-state index in [9.17, 15) is 4.79 Å². The van der Waals surface area contributed by atoms with E-state index in [2.05, 4.69) is 36.3 Å². The van der Waals surface area contributed by atoms with Crippen LogP contribution in [0, 0.1) is 5.92 Å². The minimum Gasteiger partial charge on any atom is -0.493 e. The number of para-hydroxylation sites is 1. The molecule has 0 atom stereocenters. The molecule has 4 rings (SSSR count). The predicted molar refractivity (Wildman–Crippen MR) is 124 cm³/mol. The quantitative estimate of drug-likeness (QED) is 0.515. The van der Waals surface area contributed by atoms with E-state index in [1.807, 2.05) is 42.5 Å². The summed E-state index contributed by atoms with van der Waals surface area (Å²) in [5, 5.41) is 7.12. The number of amides is 1. The number of carbonyl (C=O) groups is 1. The van der Waals surface area contributed by atoms with Gasteiger partial charge in [0.1, 0.15) is 0 Å². The fourth-order valence-electron chi connectivity index (χ4n) is 3.75. The lowest BCUT2D eigenvalue weighted by molar-refractivity contribution is -0.121. The minimum atomic E-state index is -0.0108. The zero-order valence-corrected chi connectivity index (χ0v) is 19.6. The first-order valence-electron chi connectivity index (χ1n) is 10.4. The maximum Gasteiger partial charge on any atom is 0.241 e. The number of hydrogen-bond donors (Lipinski definition) is 1. The van der Waals surface area contributed by atoms with Crippen molar-refractivity contribution in [2.45, 2.75) is 19.4 Å². The van der Waals surface area contributed by atoms with Crippen molar-refractivity contribution in [1.29, 1.82) is 0 Å². The lowest BCUT2D eigenvalue weighted by atomic mass is 9.96. The molecule has 0 saturated carbocycles. The number of ether oxygens (including phenoxy) is 2. The van der Waals surface area contributed by atoms with Crippen LogP contribution in [-0.4, -0.2) is 48.3 Å². The molecule has 3 aromatic rings. The third-order valence-electron chi connectivity index (χ3n) is 5.56. The summed E-state index contributed by atoms with van der Waals surface area (Å²) in [4.78, 5) is 19.4. The Morgan fingerprint density at radius 1 is 1.16 bits per heavy atom. The van der Waals surface area contributed by atoms with E-state index in [0.29, 0.717) is 29.8 Å². The van der Waals surface area contributed by atoms with Gasteiger partial charge in [-0.25, -0.2) is 0 Å². The lowest BCUT2D eigenvalue weighted by Crippen LogP contribution is -2.37. The highest BCUT2D eigenvalue weighted by atomic mass is 79.9. The normalized spacial score (nSPS) is 14.8. The second-order valence-corrected chi connectivity index (χ2v) is 8.46. The molecule has 1 aliphatic rings. The van der Waals surface area contributed by atoms with Crippen LogP contribution in [0.5, 0.6) is 11.5 Å². The molecule has 2 aromatic carbocycles. The molecule has 8 nitrogen and oxygen atoms in total. The highest BCUT2D eigenvalue weighted by Gasteiger charge is 2.26. The maximum absolute atomic E-state index is 12.6.